The number of hydrogen-bond acceptors (Lipinski definition) is 3. The number of nitrogens with one attached hydrogen (secondary N) is 1. The fourth-order valence-electron chi connectivity index (χ4n) is 3.06. The van der Waals surface area contributed by atoms with Gasteiger partial charge in [-0.15, -0.1) is 0 Å². The van der Waals surface area contributed by atoms with Crippen molar-refractivity contribution in [3.8, 4) is 11.1 Å². The van der Waals surface area contributed by atoms with E-state index in [1.54, 1.807) is 6.20 Å². The monoisotopic (exact) mass is 256 g/mol. The number of rotatable bonds is 4. The first-order chi connectivity index (χ1) is 9.34. The van der Waals surface area contributed by atoms with Crippen LogP contribution in [-0.2, 0) is 6.42 Å². The van der Waals surface area contributed by atoms with Crippen molar-refractivity contribution < 1.29 is 0 Å². The Morgan fingerprint density at radius 2 is 2.16 bits per heavy atom. The van der Waals surface area contributed by atoms with E-state index >= 15 is 0 Å². The molecule has 2 aromatic rings. The van der Waals surface area contributed by atoms with Gasteiger partial charge in [0.2, 0.25) is 0 Å². The minimum Gasteiger partial charge on any atom is -0.382 e. The number of H-pyrrole nitrogens is 1. The number of aryl methyl sites for hydroxylation is 1. The van der Waals surface area contributed by atoms with E-state index in [-0.39, 0.29) is 0 Å². The molecule has 0 unspecified atom stereocenters. The summed E-state index contributed by atoms with van der Waals surface area (Å²) in [6, 6.07) is 3.97. The molecule has 4 heteroatoms. The lowest BCUT2D eigenvalue weighted by Gasteiger charge is -2.09. The lowest BCUT2D eigenvalue weighted by Crippen LogP contribution is -1.98. The maximum Gasteiger partial charge on any atom is 0.153 e. The highest BCUT2D eigenvalue weighted by molar-refractivity contribution is 5.75. The van der Waals surface area contributed by atoms with Gasteiger partial charge < -0.3 is 5.73 Å². The SMILES string of the molecule is Nc1n[nH]c(CCC2CCCC2)c1-c1cccnc1. The average molecular weight is 256 g/mol. The Morgan fingerprint density at radius 3 is 2.89 bits per heavy atom. The van der Waals surface area contributed by atoms with Gasteiger partial charge in [0.1, 0.15) is 0 Å². The number of anilines is 1. The standard InChI is InChI=1S/C15H20N4/c16-15-14(12-6-3-9-17-10-12)13(18-19-15)8-7-11-4-1-2-5-11/h3,6,9-11H,1-2,4-5,7-8H2,(H3,16,18,19). The van der Waals surface area contributed by atoms with Gasteiger partial charge in [0.15, 0.2) is 5.82 Å². The third-order valence-electron chi connectivity index (χ3n) is 4.10. The van der Waals surface area contributed by atoms with Gasteiger partial charge in [-0.25, -0.2) is 0 Å². The molecule has 3 N–H and O–H groups in total. The van der Waals surface area contributed by atoms with E-state index in [1.165, 1.54) is 32.1 Å². The minimum absolute atomic E-state index is 0.578. The molecule has 0 saturated heterocycles. The van der Waals surface area contributed by atoms with Gasteiger partial charge in [0.05, 0.1) is 0 Å². The summed E-state index contributed by atoms with van der Waals surface area (Å²) in [5.74, 6) is 1.46. The second-order valence-electron chi connectivity index (χ2n) is 5.39. The number of nitrogen functional groups attached to an aromatic ring is 1. The average Bonchev–Trinajstić information content (AvgIpc) is 3.07. The first-order valence-corrected chi connectivity index (χ1v) is 7.07. The lowest BCUT2D eigenvalue weighted by atomic mass is 9.97. The maximum atomic E-state index is 5.99. The van der Waals surface area contributed by atoms with E-state index in [0.29, 0.717) is 5.82 Å². The normalized spacial score (nSPS) is 16.0. The molecule has 1 aliphatic carbocycles. The van der Waals surface area contributed by atoms with E-state index in [2.05, 4.69) is 15.2 Å². The summed E-state index contributed by atoms with van der Waals surface area (Å²) >= 11 is 0. The highest BCUT2D eigenvalue weighted by Crippen LogP contribution is 2.32. The zero-order chi connectivity index (χ0) is 13.1. The smallest absolute Gasteiger partial charge is 0.153 e. The second-order valence-corrected chi connectivity index (χ2v) is 5.39. The Hall–Kier alpha value is -1.84. The van der Waals surface area contributed by atoms with Crippen molar-refractivity contribution in [1.82, 2.24) is 15.2 Å². The first-order valence-electron chi connectivity index (χ1n) is 7.07. The van der Waals surface area contributed by atoms with Crippen molar-refractivity contribution in [3.63, 3.8) is 0 Å². The molecule has 0 spiro atoms. The molecule has 2 heterocycles. The van der Waals surface area contributed by atoms with Gasteiger partial charge >= 0.3 is 0 Å². The molecule has 4 nitrogen and oxygen atoms in total. The molecule has 3 rings (SSSR count). The van der Waals surface area contributed by atoms with Crippen molar-refractivity contribution in [2.45, 2.75) is 38.5 Å². The summed E-state index contributed by atoms with van der Waals surface area (Å²) in [6.07, 6.45) is 11.4. The Morgan fingerprint density at radius 1 is 1.32 bits per heavy atom. The second kappa shape index (κ2) is 5.43. The summed E-state index contributed by atoms with van der Waals surface area (Å²) in [7, 11) is 0. The van der Waals surface area contributed by atoms with E-state index in [0.717, 1.165) is 29.2 Å². The van der Waals surface area contributed by atoms with Crippen LogP contribution >= 0.6 is 0 Å². The van der Waals surface area contributed by atoms with Crippen molar-refractivity contribution in [2.75, 3.05) is 5.73 Å². The van der Waals surface area contributed by atoms with Crippen LogP contribution in [0.15, 0.2) is 24.5 Å². The molecule has 1 saturated carbocycles. The number of nitrogens with two attached hydrogens (primary N) is 1. The Kier molecular flexibility index (Phi) is 3.49. The predicted octanol–water partition coefficient (Wildman–Crippen LogP) is 3.18. The largest absolute Gasteiger partial charge is 0.382 e. The number of pyridine rings is 1. The zero-order valence-electron chi connectivity index (χ0n) is 11.1. The van der Waals surface area contributed by atoms with Crippen molar-refractivity contribution in [3.05, 3.63) is 30.2 Å². The fraction of sp³-hybridized carbons (Fsp3) is 0.467. The summed E-state index contributed by atoms with van der Waals surface area (Å²) in [5.41, 5.74) is 9.22. The number of hydrogen-bond donors (Lipinski definition) is 2. The molecule has 0 bridgehead atoms. The molecule has 2 aromatic heterocycles. The first kappa shape index (κ1) is 12.2. The molecule has 1 aliphatic rings. The fourth-order valence-corrected chi connectivity index (χ4v) is 3.06. The van der Waals surface area contributed by atoms with Crippen LogP contribution < -0.4 is 5.73 Å². The van der Waals surface area contributed by atoms with Crippen LogP contribution in [0.4, 0.5) is 5.82 Å². The Bertz CT molecular complexity index is 526. The molecular formula is C15H20N4. The van der Waals surface area contributed by atoms with Gasteiger partial charge in [-0.1, -0.05) is 31.7 Å². The van der Waals surface area contributed by atoms with Gasteiger partial charge in [0.25, 0.3) is 0 Å². The van der Waals surface area contributed by atoms with Crippen molar-refractivity contribution in [1.29, 1.82) is 0 Å². The number of aromatic nitrogens is 3. The Labute approximate surface area is 113 Å². The van der Waals surface area contributed by atoms with Gasteiger partial charge in [-0.3, -0.25) is 10.1 Å². The third-order valence-corrected chi connectivity index (χ3v) is 4.10. The molecule has 0 amide bonds. The molecule has 19 heavy (non-hydrogen) atoms. The summed E-state index contributed by atoms with van der Waals surface area (Å²) < 4.78 is 0. The third kappa shape index (κ3) is 2.62. The maximum absolute atomic E-state index is 5.99. The van der Waals surface area contributed by atoms with Crippen LogP contribution in [0.5, 0.6) is 0 Å². The topological polar surface area (TPSA) is 67.6 Å². The predicted molar refractivity (Wildman–Crippen MR) is 76.5 cm³/mol. The van der Waals surface area contributed by atoms with Crippen molar-refractivity contribution in [2.24, 2.45) is 5.92 Å². The van der Waals surface area contributed by atoms with Gasteiger partial charge in [-0.05, 0) is 24.8 Å². The van der Waals surface area contributed by atoms with Gasteiger partial charge in [0, 0.05) is 29.2 Å². The summed E-state index contributed by atoms with van der Waals surface area (Å²) in [5, 5.41) is 7.26. The molecule has 1 fully saturated rings. The quantitative estimate of drug-likeness (QED) is 0.882. The Balaban J connectivity index is 1.78. The van der Waals surface area contributed by atoms with Crippen LogP contribution in [0.2, 0.25) is 0 Å². The number of nitrogens with zero attached hydrogens (tertiary/aromatic N) is 2. The molecule has 0 atom stereocenters. The minimum atomic E-state index is 0.578. The summed E-state index contributed by atoms with van der Waals surface area (Å²) in [6.45, 7) is 0. The molecule has 0 radical (unpaired) electrons. The van der Waals surface area contributed by atoms with Crippen LogP contribution in [0, 0.1) is 5.92 Å². The van der Waals surface area contributed by atoms with E-state index in [9.17, 15) is 0 Å². The van der Waals surface area contributed by atoms with Crippen LogP contribution in [0.25, 0.3) is 11.1 Å². The molecular weight excluding hydrogens is 236 g/mol. The van der Waals surface area contributed by atoms with E-state index < -0.39 is 0 Å². The van der Waals surface area contributed by atoms with E-state index in [1.807, 2.05) is 18.3 Å². The molecule has 100 valence electrons. The van der Waals surface area contributed by atoms with Crippen LogP contribution in [0.1, 0.15) is 37.8 Å². The number of aromatic amines is 1. The highest BCUT2D eigenvalue weighted by atomic mass is 15.2. The molecule has 0 aliphatic heterocycles. The van der Waals surface area contributed by atoms with Crippen molar-refractivity contribution >= 4 is 5.82 Å². The zero-order valence-corrected chi connectivity index (χ0v) is 11.1. The molecule has 0 aromatic carbocycles. The van der Waals surface area contributed by atoms with Gasteiger partial charge in [-0.2, -0.15) is 5.10 Å². The van der Waals surface area contributed by atoms with Crippen LogP contribution in [-0.4, -0.2) is 15.2 Å². The lowest BCUT2D eigenvalue weighted by molar-refractivity contribution is 0.501. The summed E-state index contributed by atoms with van der Waals surface area (Å²) in [4.78, 5) is 4.16. The highest BCUT2D eigenvalue weighted by Gasteiger charge is 2.18. The van der Waals surface area contributed by atoms with Crippen LogP contribution in [0.3, 0.4) is 0 Å². The van der Waals surface area contributed by atoms with E-state index in [4.69, 9.17) is 5.73 Å².